The average Bonchev–Trinajstić information content (AvgIpc) is 2.59. The summed E-state index contributed by atoms with van der Waals surface area (Å²) in [6.45, 7) is 1.69. The van der Waals surface area contributed by atoms with Gasteiger partial charge >= 0.3 is 5.97 Å². The smallest absolute Gasteiger partial charge is 0.352 e. The van der Waals surface area contributed by atoms with E-state index in [0.717, 1.165) is 0 Å². The fraction of sp³-hybridized carbons (Fsp3) is 0.312. The molecule has 2 aliphatic heterocycles. The van der Waals surface area contributed by atoms with Gasteiger partial charge < -0.3 is 16.2 Å². The number of amides is 2. The molecule has 0 spiro atoms. The van der Waals surface area contributed by atoms with E-state index in [1.807, 2.05) is 6.07 Å². The number of thioether (sulfide) groups is 1. The van der Waals surface area contributed by atoms with Crippen molar-refractivity contribution in [1.82, 2.24) is 10.2 Å². The van der Waals surface area contributed by atoms with Crippen LogP contribution in [0.3, 0.4) is 0 Å². The zero-order valence-corrected chi connectivity index (χ0v) is 15.0. The van der Waals surface area contributed by atoms with Gasteiger partial charge in [0.1, 0.15) is 23.2 Å². The molecule has 0 aromatic heterocycles. The average molecular weight is 384 g/mol. The summed E-state index contributed by atoms with van der Waals surface area (Å²) < 4.78 is 0. The molecule has 0 radical (unpaired) electrons. The number of carbonyl (C=O) groups excluding carboxylic acids is 2. The van der Waals surface area contributed by atoms with Gasteiger partial charge in [-0.3, -0.25) is 14.5 Å². The van der Waals surface area contributed by atoms with Gasteiger partial charge in [0, 0.05) is 5.75 Å². The Morgan fingerprint density at radius 1 is 1.36 bits per heavy atom. The van der Waals surface area contributed by atoms with Crippen LogP contribution in [-0.4, -0.2) is 45.0 Å². The SMILES string of the molecule is CC1=C(C(=O)O)N2C(=O)C(NC(=O)C(N)c3ccccc3)C2SC1.Cl. The molecule has 7 nitrogen and oxygen atoms in total. The summed E-state index contributed by atoms with van der Waals surface area (Å²) in [4.78, 5) is 37.2. The molecule has 1 fully saturated rings. The van der Waals surface area contributed by atoms with Crippen molar-refractivity contribution in [1.29, 1.82) is 0 Å². The van der Waals surface area contributed by atoms with Crippen LogP contribution in [0, 0.1) is 0 Å². The van der Waals surface area contributed by atoms with E-state index in [1.54, 1.807) is 31.2 Å². The van der Waals surface area contributed by atoms with Gasteiger partial charge in [0.15, 0.2) is 0 Å². The topological polar surface area (TPSA) is 113 Å². The molecule has 2 aliphatic rings. The second kappa shape index (κ2) is 7.47. The van der Waals surface area contributed by atoms with Crippen LogP contribution in [-0.2, 0) is 14.4 Å². The van der Waals surface area contributed by atoms with Crippen LogP contribution in [0.4, 0.5) is 0 Å². The maximum Gasteiger partial charge on any atom is 0.352 e. The molecule has 2 amide bonds. The van der Waals surface area contributed by atoms with Crippen LogP contribution in [0.1, 0.15) is 18.5 Å². The lowest BCUT2D eigenvalue weighted by molar-refractivity contribution is -0.150. The highest BCUT2D eigenvalue weighted by Crippen LogP contribution is 2.40. The standard InChI is InChI=1S/C16H17N3O4S.ClH/c1-8-7-24-15-11(14(21)19(15)12(8)16(22)23)18-13(20)10(17)9-5-3-2-4-6-9;/h2-6,10-11,15H,7,17H2,1H3,(H,18,20)(H,22,23);1H. The zero-order valence-electron chi connectivity index (χ0n) is 13.3. The highest BCUT2D eigenvalue weighted by Gasteiger charge is 2.53. The van der Waals surface area contributed by atoms with Crippen LogP contribution >= 0.6 is 24.2 Å². The lowest BCUT2D eigenvalue weighted by Gasteiger charge is -2.49. The summed E-state index contributed by atoms with van der Waals surface area (Å²) in [6.07, 6.45) is 0. The molecule has 0 aliphatic carbocycles. The number of carboxylic acid groups (broad SMARTS) is 1. The van der Waals surface area contributed by atoms with E-state index < -0.39 is 35.2 Å². The molecule has 9 heteroatoms. The van der Waals surface area contributed by atoms with Gasteiger partial charge in [0.25, 0.3) is 5.91 Å². The molecule has 3 rings (SSSR count). The number of halogens is 1. The fourth-order valence-electron chi connectivity index (χ4n) is 2.83. The molecule has 1 saturated heterocycles. The van der Waals surface area contributed by atoms with Crippen molar-refractivity contribution < 1.29 is 19.5 Å². The largest absolute Gasteiger partial charge is 0.477 e. The van der Waals surface area contributed by atoms with Crippen LogP contribution in [0.5, 0.6) is 0 Å². The number of nitrogens with one attached hydrogen (secondary N) is 1. The Hall–Kier alpha value is -2.03. The Bertz CT molecular complexity index is 740. The number of hydrogen-bond donors (Lipinski definition) is 3. The number of carbonyl (C=O) groups is 3. The first-order valence-electron chi connectivity index (χ1n) is 7.40. The van der Waals surface area contributed by atoms with Crippen LogP contribution in [0.15, 0.2) is 41.6 Å². The van der Waals surface area contributed by atoms with Gasteiger partial charge in [-0.05, 0) is 18.1 Å². The Morgan fingerprint density at radius 2 is 2.00 bits per heavy atom. The van der Waals surface area contributed by atoms with E-state index in [2.05, 4.69) is 5.32 Å². The van der Waals surface area contributed by atoms with Crippen molar-refractivity contribution in [2.45, 2.75) is 24.4 Å². The molecular weight excluding hydrogens is 366 g/mol. The molecule has 0 saturated carbocycles. The Kier molecular flexibility index (Phi) is 5.76. The lowest BCUT2D eigenvalue weighted by Crippen LogP contribution is -2.71. The van der Waals surface area contributed by atoms with Crippen molar-refractivity contribution in [3.8, 4) is 0 Å². The van der Waals surface area contributed by atoms with Gasteiger partial charge in [-0.2, -0.15) is 0 Å². The van der Waals surface area contributed by atoms with Gasteiger partial charge in [-0.15, -0.1) is 24.2 Å². The quantitative estimate of drug-likeness (QED) is 0.665. The Labute approximate surface area is 155 Å². The molecule has 0 bridgehead atoms. The molecular formula is C16H18ClN3O4S. The third-order valence-electron chi connectivity index (χ3n) is 4.10. The van der Waals surface area contributed by atoms with E-state index >= 15 is 0 Å². The minimum atomic E-state index is -1.13. The number of fused-ring (bicyclic) bond motifs is 1. The van der Waals surface area contributed by atoms with Crippen molar-refractivity contribution in [3.63, 3.8) is 0 Å². The second-order valence-electron chi connectivity index (χ2n) is 5.72. The first-order valence-corrected chi connectivity index (χ1v) is 8.45. The summed E-state index contributed by atoms with van der Waals surface area (Å²) in [5.74, 6) is -1.50. The number of benzene rings is 1. The van der Waals surface area contributed by atoms with E-state index in [0.29, 0.717) is 16.9 Å². The number of nitrogens with two attached hydrogens (primary N) is 1. The van der Waals surface area contributed by atoms with Crippen molar-refractivity contribution in [2.24, 2.45) is 5.73 Å². The minimum Gasteiger partial charge on any atom is -0.477 e. The van der Waals surface area contributed by atoms with Crippen LogP contribution in [0.2, 0.25) is 0 Å². The summed E-state index contributed by atoms with van der Waals surface area (Å²) in [7, 11) is 0. The van der Waals surface area contributed by atoms with Gasteiger partial charge in [-0.1, -0.05) is 30.3 Å². The molecule has 1 aromatic rings. The number of aliphatic carboxylic acids is 1. The molecule has 25 heavy (non-hydrogen) atoms. The molecule has 3 unspecified atom stereocenters. The third kappa shape index (κ3) is 3.37. The van der Waals surface area contributed by atoms with Crippen LogP contribution < -0.4 is 11.1 Å². The monoisotopic (exact) mass is 383 g/mol. The first-order chi connectivity index (χ1) is 11.4. The molecule has 1 aromatic carbocycles. The van der Waals surface area contributed by atoms with Gasteiger partial charge in [-0.25, -0.2) is 4.79 Å². The number of carboxylic acids is 1. The highest BCUT2D eigenvalue weighted by atomic mass is 35.5. The summed E-state index contributed by atoms with van der Waals surface area (Å²) in [5.41, 5.74) is 7.24. The lowest BCUT2D eigenvalue weighted by atomic mass is 10.0. The molecule has 4 N–H and O–H groups in total. The predicted octanol–water partition coefficient (Wildman–Crippen LogP) is 0.867. The summed E-state index contributed by atoms with van der Waals surface area (Å²) >= 11 is 1.43. The zero-order chi connectivity index (χ0) is 17.4. The fourth-order valence-corrected chi connectivity index (χ4v) is 4.12. The summed E-state index contributed by atoms with van der Waals surface area (Å²) in [5, 5.41) is 11.5. The van der Waals surface area contributed by atoms with E-state index in [4.69, 9.17) is 5.73 Å². The Morgan fingerprint density at radius 3 is 2.60 bits per heavy atom. The second-order valence-corrected chi connectivity index (χ2v) is 6.82. The predicted molar refractivity (Wildman–Crippen MR) is 96.0 cm³/mol. The molecule has 3 atom stereocenters. The van der Waals surface area contributed by atoms with Crippen molar-refractivity contribution in [3.05, 3.63) is 47.2 Å². The van der Waals surface area contributed by atoms with E-state index in [-0.39, 0.29) is 18.1 Å². The van der Waals surface area contributed by atoms with Gasteiger partial charge in [0.05, 0.1) is 0 Å². The van der Waals surface area contributed by atoms with Gasteiger partial charge in [0.2, 0.25) is 5.91 Å². The summed E-state index contributed by atoms with van der Waals surface area (Å²) in [6, 6.07) is 7.23. The molecule has 2 heterocycles. The maximum absolute atomic E-state index is 12.3. The normalized spacial score (nSPS) is 23.1. The molecule has 134 valence electrons. The van der Waals surface area contributed by atoms with Crippen LogP contribution in [0.25, 0.3) is 0 Å². The number of nitrogens with zero attached hydrogens (tertiary/aromatic N) is 1. The maximum atomic E-state index is 12.3. The first kappa shape index (κ1) is 19.3. The van der Waals surface area contributed by atoms with E-state index in [1.165, 1.54) is 16.7 Å². The minimum absolute atomic E-state index is 0. The van der Waals surface area contributed by atoms with E-state index in [9.17, 15) is 19.5 Å². The third-order valence-corrected chi connectivity index (χ3v) is 5.52. The number of rotatable bonds is 4. The number of hydrogen-bond acceptors (Lipinski definition) is 5. The Balaban J connectivity index is 0.00000225. The highest BCUT2D eigenvalue weighted by molar-refractivity contribution is 8.00. The van der Waals surface area contributed by atoms with Crippen molar-refractivity contribution >= 4 is 42.0 Å². The number of β-lactam (4-membered cyclic amide) rings is 1. The van der Waals surface area contributed by atoms with Crippen molar-refractivity contribution in [2.75, 3.05) is 5.75 Å².